The van der Waals surface area contributed by atoms with E-state index in [0.29, 0.717) is 22.9 Å². The van der Waals surface area contributed by atoms with E-state index in [1.807, 2.05) is 38.1 Å². The van der Waals surface area contributed by atoms with Gasteiger partial charge in [0.2, 0.25) is 5.88 Å². The highest BCUT2D eigenvalue weighted by atomic mass is 35.5. The molecule has 5 nitrogen and oxygen atoms in total. The van der Waals surface area contributed by atoms with Crippen LogP contribution in [-0.2, 0) is 6.54 Å². The van der Waals surface area contributed by atoms with Crippen molar-refractivity contribution >= 4 is 11.6 Å². The summed E-state index contributed by atoms with van der Waals surface area (Å²) in [6.45, 7) is 4.30. The van der Waals surface area contributed by atoms with E-state index in [9.17, 15) is 10.1 Å². The van der Waals surface area contributed by atoms with Crippen molar-refractivity contribution in [2.24, 2.45) is 5.73 Å². The zero-order valence-corrected chi connectivity index (χ0v) is 17.4. The lowest BCUT2D eigenvalue weighted by atomic mass is 9.84. The Kier molecular flexibility index (Phi) is 5.11. The monoisotopic (exact) mass is 417 g/mol. The van der Waals surface area contributed by atoms with Crippen LogP contribution in [-0.4, -0.2) is 4.57 Å². The molecule has 2 N–H and O–H groups in total. The number of nitriles is 1. The van der Waals surface area contributed by atoms with Gasteiger partial charge in [0.25, 0.3) is 5.56 Å². The van der Waals surface area contributed by atoms with Crippen molar-refractivity contribution in [3.05, 3.63) is 109 Å². The van der Waals surface area contributed by atoms with E-state index in [1.165, 1.54) is 0 Å². The standard InChI is InChI=1S/C24H20ClN3O2/c1-14-3-5-16(6-4-14)13-28-15(2)11-20-22(24(28)29)21(19(12-26)23(27)30-20)17-7-9-18(25)10-8-17/h3-11,21H,13,27H2,1-2H3/t21-/m0/s1. The summed E-state index contributed by atoms with van der Waals surface area (Å²) in [5.74, 6) is -0.220. The van der Waals surface area contributed by atoms with Gasteiger partial charge in [-0.05, 0) is 37.1 Å². The third-order valence-electron chi connectivity index (χ3n) is 5.35. The van der Waals surface area contributed by atoms with Crippen molar-refractivity contribution in [1.82, 2.24) is 4.57 Å². The van der Waals surface area contributed by atoms with Crippen LogP contribution in [0, 0.1) is 25.2 Å². The summed E-state index contributed by atoms with van der Waals surface area (Å²) in [6.07, 6.45) is 0. The van der Waals surface area contributed by atoms with Crippen LogP contribution in [0.2, 0.25) is 5.02 Å². The van der Waals surface area contributed by atoms with E-state index in [-0.39, 0.29) is 17.0 Å². The van der Waals surface area contributed by atoms with Crippen LogP contribution < -0.4 is 16.0 Å². The Bertz CT molecular complexity index is 1250. The fourth-order valence-corrected chi connectivity index (χ4v) is 3.87. The highest BCUT2D eigenvalue weighted by molar-refractivity contribution is 6.30. The van der Waals surface area contributed by atoms with Crippen molar-refractivity contribution in [2.75, 3.05) is 0 Å². The first kappa shape index (κ1) is 19.8. The second kappa shape index (κ2) is 7.74. The van der Waals surface area contributed by atoms with Gasteiger partial charge >= 0.3 is 0 Å². The fraction of sp³-hybridized carbons (Fsp3) is 0.167. The van der Waals surface area contributed by atoms with Crippen molar-refractivity contribution < 1.29 is 4.74 Å². The summed E-state index contributed by atoms with van der Waals surface area (Å²) in [5.41, 5.74) is 10.1. The van der Waals surface area contributed by atoms with Gasteiger partial charge in [-0.2, -0.15) is 5.26 Å². The van der Waals surface area contributed by atoms with Gasteiger partial charge in [0.05, 0.1) is 18.0 Å². The lowest BCUT2D eigenvalue weighted by Crippen LogP contribution is -2.33. The quantitative estimate of drug-likeness (QED) is 0.685. The van der Waals surface area contributed by atoms with E-state index in [0.717, 1.165) is 22.4 Å². The molecule has 150 valence electrons. The molecule has 0 unspecified atom stereocenters. The normalized spacial score (nSPS) is 15.3. The number of pyridine rings is 1. The second-order valence-corrected chi connectivity index (χ2v) is 7.85. The number of allylic oxidation sites excluding steroid dienone is 1. The number of nitrogens with zero attached hydrogens (tertiary/aromatic N) is 2. The minimum absolute atomic E-state index is 0.0139. The van der Waals surface area contributed by atoms with E-state index in [4.69, 9.17) is 22.1 Å². The molecule has 0 fully saturated rings. The van der Waals surface area contributed by atoms with Gasteiger partial charge in [-0.3, -0.25) is 4.79 Å². The van der Waals surface area contributed by atoms with Crippen LogP contribution in [0.15, 0.2) is 70.8 Å². The SMILES string of the molecule is Cc1ccc(Cn2c(C)cc3c(c2=O)[C@@H](c2ccc(Cl)cc2)C(C#N)=C(N)O3)cc1. The zero-order valence-electron chi connectivity index (χ0n) is 16.6. The molecule has 30 heavy (non-hydrogen) atoms. The minimum atomic E-state index is -0.617. The molecule has 1 aliphatic heterocycles. The molecule has 2 aromatic carbocycles. The lowest BCUT2D eigenvalue weighted by Gasteiger charge is -2.27. The van der Waals surface area contributed by atoms with Gasteiger partial charge in [-0.15, -0.1) is 0 Å². The predicted molar refractivity (Wildman–Crippen MR) is 116 cm³/mol. The van der Waals surface area contributed by atoms with Crippen LogP contribution >= 0.6 is 11.6 Å². The first-order chi connectivity index (χ1) is 14.4. The van der Waals surface area contributed by atoms with Gasteiger partial charge in [-0.1, -0.05) is 53.6 Å². The Morgan fingerprint density at radius 3 is 2.43 bits per heavy atom. The molecule has 0 saturated carbocycles. The van der Waals surface area contributed by atoms with E-state index in [2.05, 4.69) is 6.07 Å². The molecule has 3 aromatic rings. The summed E-state index contributed by atoms with van der Waals surface area (Å²) in [6, 6.07) is 19.0. The topological polar surface area (TPSA) is 81.0 Å². The molecule has 0 bridgehead atoms. The largest absolute Gasteiger partial charge is 0.440 e. The number of ether oxygens (including phenoxy) is 1. The first-order valence-electron chi connectivity index (χ1n) is 9.52. The van der Waals surface area contributed by atoms with Crippen molar-refractivity contribution in [3.8, 4) is 11.8 Å². The number of hydrogen-bond donors (Lipinski definition) is 1. The van der Waals surface area contributed by atoms with Gasteiger partial charge in [0.1, 0.15) is 17.4 Å². The third-order valence-corrected chi connectivity index (χ3v) is 5.61. The van der Waals surface area contributed by atoms with Crippen LogP contribution in [0.4, 0.5) is 0 Å². The first-order valence-corrected chi connectivity index (χ1v) is 9.89. The van der Waals surface area contributed by atoms with Gasteiger partial charge in [0, 0.05) is 16.8 Å². The molecule has 2 heterocycles. The van der Waals surface area contributed by atoms with Gasteiger partial charge < -0.3 is 15.0 Å². The molecule has 6 heteroatoms. The second-order valence-electron chi connectivity index (χ2n) is 7.42. The number of hydrogen-bond acceptors (Lipinski definition) is 4. The number of benzene rings is 2. The maximum atomic E-state index is 13.6. The van der Waals surface area contributed by atoms with Crippen LogP contribution in [0.25, 0.3) is 0 Å². The summed E-state index contributed by atoms with van der Waals surface area (Å²) in [7, 11) is 0. The maximum absolute atomic E-state index is 13.6. The molecule has 0 saturated heterocycles. The zero-order chi connectivity index (χ0) is 21.4. The molecule has 0 amide bonds. The Hall–Kier alpha value is -3.49. The Labute approximate surface area is 179 Å². The van der Waals surface area contributed by atoms with Crippen LogP contribution in [0.5, 0.6) is 5.75 Å². The summed E-state index contributed by atoms with van der Waals surface area (Å²) in [5, 5.41) is 10.3. The molecular formula is C24H20ClN3O2. The van der Waals surface area contributed by atoms with Crippen molar-refractivity contribution in [2.45, 2.75) is 26.3 Å². The lowest BCUT2D eigenvalue weighted by molar-refractivity contribution is 0.389. The Morgan fingerprint density at radius 2 is 1.80 bits per heavy atom. The smallest absolute Gasteiger partial charge is 0.259 e. The van der Waals surface area contributed by atoms with E-state index < -0.39 is 5.92 Å². The van der Waals surface area contributed by atoms with Crippen LogP contribution in [0.3, 0.4) is 0 Å². The highest BCUT2D eigenvalue weighted by Crippen LogP contribution is 2.40. The third kappa shape index (κ3) is 3.47. The minimum Gasteiger partial charge on any atom is -0.440 e. The summed E-state index contributed by atoms with van der Waals surface area (Å²) < 4.78 is 7.39. The summed E-state index contributed by atoms with van der Waals surface area (Å²) in [4.78, 5) is 13.6. The van der Waals surface area contributed by atoms with Crippen molar-refractivity contribution in [1.29, 1.82) is 5.26 Å². The molecule has 1 aliphatic rings. The van der Waals surface area contributed by atoms with E-state index in [1.54, 1.807) is 34.9 Å². The van der Waals surface area contributed by atoms with E-state index >= 15 is 0 Å². The average molecular weight is 418 g/mol. The highest BCUT2D eigenvalue weighted by Gasteiger charge is 2.34. The van der Waals surface area contributed by atoms with Crippen molar-refractivity contribution in [3.63, 3.8) is 0 Å². The van der Waals surface area contributed by atoms with Gasteiger partial charge in [0.15, 0.2) is 0 Å². The Balaban J connectivity index is 1.90. The summed E-state index contributed by atoms with van der Waals surface area (Å²) >= 11 is 6.04. The Morgan fingerprint density at radius 1 is 1.13 bits per heavy atom. The predicted octanol–water partition coefficient (Wildman–Crippen LogP) is 4.39. The molecule has 0 aliphatic carbocycles. The molecule has 4 rings (SSSR count). The number of halogens is 1. The number of fused-ring (bicyclic) bond motifs is 1. The maximum Gasteiger partial charge on any atom is 0.259 e. The molecule has 0 spiro atoms. The molecule has 1 atom stereocenters. The molecular weight excluding hydrogens is 398 g/mol. The fourth-order valence-electron chi connectivity index (χ4n) is 3.75. The van der Waals surface area contributed by atoms with Crippen LogP contribution in [0.1, 0.15) is 33.9 Å². The average Bonchev–Trinajstić information content (AvgIpc) is 2.72. The number of aromatic nitrogens is 1. The molecule has 1 aromatic heterocycles. The molecule has 0 radical (unpaired) electrons. The number of rotatable bonds is 3. The number of nitrogens with two attached hydrogens (primary N) is 1. The van der Waals surface area contributed by atoms with Gasteiger partial charge in [-0.25, -0.2) is 0 Å². The number of aryl methyl sites for hydroxylation is 2.